The summed E-state index contributed by atoms with van der Waals surface area (Å²) in [6.07, 6.45) is 6.70. The fourth-order valence-electron chi connectivity index (χ4n) is 2.60. The Labute approximate surface area is 113 Å². The maximum Gasteiger partial charge on any atom is 0.0568 e. The molecule has 1 aliphatic heterocycles. The normalized spacial score (nSPS) is 16.0. The molecule has 1 saturated heterocycles. The average molecular weight is 256 g/mol. The van der Waals surface area contributed by atoms with E-state index in [9.17, 15) is 0 Å². The van der Waals surface area contributed by atoms with Crippen LogP contribution in [0.5, 0.6) is 0 Å². The molecule has 0 unspecified atom stereocenters. The first kappa shape index (κ1) is 12.2. The van der Waals surface area contributed by atoms with Gasteiger partial charge in [-0.05, 0) is 43.6 Å². The molecule has 1 aromatic carbocycles. The molecule has 0 radical (unpaired) electrons. The van der Waals surface area contributed by atoms with Crippen LogP contribution in [0.3, 0.4) is 0 Å². The van der Waals surface area contributed by atoms with Crippen molar-refractivity contribution in [1.29, 1.82) is 0 Å². The summed E-state index contributed by atoms with van der Waals surface area (Å²) < 4.78 is 2.02. The minimum atomic E-state index is 0.794. The van der Waals surface area contributed by atoms with E-state index in [2.05, 4.69) is 22.3 Å². The first-order valence-electron chi connectivity index (χ1n) is 6.92. The third kappa shape index (κ3) is 2.96. The van der Waals surface area contributed by atoms with Crippen LogP contribution >= 0.6 is 0 Å². The standard InChI is InChI=1S/C15H20N4/c16-15-5-3-4-13(10-15)14-11-17-19(12-14)9-8-18-6-1-2-7-18/h3-5,10-12H,1-2,6-9,16H2. The van der Waals surface area contributed by atoms with Gasteiger partial charge >= 0.3 is 0 Å². The monoisotopic (exact) mass is 256 g/mol. The molecule has 4 heteroatoms. The molecule has 1 aromatic heterocycles. The maximum absolute atomic E-state index is 5.81. The van der Waals surface area contributed by atoms with Crippen molar-refractivity contribution < 1.29 is 0 Å². The molecule has 4 nitrogen and oxygen atoms in total. The number of likely N-dealkylation sites (tertiary alicyclic amines) is 1. The third-order valence-corrected chi connectivity index (χ3v) is 3.70. The molecule has 1 fully saturated rings. The van der Waals surface area contributed by atoms with Crippen molar-refractivity contribution in [3.8, 4) is 11.1 Å². The molecule has 0 spiro atoms. The van der Waals surface area contributed by atoms with Crippen LogP contribution in [-0.2, 0) is 6.54 Å². The van der Waals surface area contributed by atoms with Gasteiger partial charge in [0, 0.05) is 24.0 Å². The molecule has 100 valence electrons. The van der Waals surface area contributed by atoms with E-state index in [4.69, 9.17) is 5.73 Å². The SMILES string of the molecule is Nc1cccc(-c2cnn(CCN3CCCC3)c2)c1. The number of nitrogens with two attached hydrogens (primary N) is 1. The Kier molecular flexibility index (Phi) is 3.51. The molecule has 0 bridgehead atoms. The molecule has 2 N–H and O–H groups in total. The van der Waals surface area contributed by atoms with Crippen molar-refractivity contribution in [1.82, 2.24) is 14.7 Å². The number of aromatic nitrogens is 2. The van der Waals surface area contributed by atoms with E-state index < -0.39 is 0 Å². The highest BCUT2D eigenvalue weighted by atomic mass is 15.3. The molecular weight excluding hydrogens is 236 g/mol. The Morgan fingerprint density at radius 1 is 1.11 bits per heavy atom. The summed E-state index contributed by atoms with van der Waals surface area (Å²) in [7, 11) is 0. The zero-order chi connectivity index (χ0) is 13.1. The van der Waals surface area contributed by atoms with E-state index in [1.54, 1.807) is 0 Å². The minimum Gasteiger partial charge on any atom is -0.399 e. The van der Waals surface area contributed by atoms with Gasteiger partial charge in [-0.1, -0.05) is 12.1 Å². The average Bonchev–Trinajstić information content (AvgIpc) is 3.08. The number of anilines is 1. The molecule has 2 heterocycles. The lowest BCUT2D eigenvalue weighted by atomic mass is 10.1. The van der Waals surface area contributed by atoms with Gasteiger partial charge < -0.3 is 10.6 Å². The third-order valence-electron chi connectivity index (χ3n) is 3.70. The molecule has 19 heavy (non-hydrogen) atoms. The topological polar surface area (TPSA) is 47.1 Å². The van der Waals surface area contributed by atoms with Gasteiger partial charge in [0.1, 0.15) is 0 Å². The highest BCUT2D eigenvalue weighted by Gasteiger charge is 2.11. The number of nitrogens with zero attached hydrogens (tertiary/aromatic N) is 3. The molecule has 0 saturated carbocycles. The van der Waals surface area contributed by atoms with Crippen LogP contribution < -0.4 is 5.73 Å². The second-order valence-corrected chi connectivity index (χ2v) is 5.17. The fourth-order valence-corrected chi connectivity index (χ4v) is 2.60. The van der Waals surface area contributed by atoms with Gasteiger partial charge in [0.2, 0.25) is 0 Å². The summed E-state index contributed by atoms with van der Waals surface area (Å²) in [6.45, 7) is 4.53. The van der Waals surface area contributed by atoms with Gasteiger partial charge in [0.15, 0.2) is 0 Å². The Bertz CT molecular complexity index is 541. The summed E-state index contributed by atoms with van der Waals surface area (Å²) in [5.74, 6) is 0. The van der Waals surface area contributed by atoms with Crippen LogP contribution in [0.1, 0.15) is 12.8 Å². The molecule has 0 amide bonds. The summed E-state index contributed by atoms with van der Waals surface area (Å²) in [5, 5.41) is 4.43. The van der Waals surface area contributed by atoms with Crippen LogP contribution in [0, 0.1) is 0 Å². The van der Waals surface area contributed by atoms with Crippen molar-refractivity contribution in [2.45, 2.75) is 19.4 Å². The van der Waals surface area contributed by atoms with Crippen molar-refractivity contribution in [3.63, 3.8) is 0 Å². The van der Waals surface area contributed by atoms with Gasteiger partial charge in [-0.3, -0.25) is 4.68 Å². The Morgan fingerprint density at radius 2 is 1.95 bits per heavy atom. The predicted octanol–water partition coefficient (Wildman–Crippen LogP) is 2.23. The number of hydrogen-bond donors (Lipinski definition) is 1. The van der Waals surface area contributed by atoms with Crippen molar-refractivity contribution in [2.75, 3.05) is 25.4 Å². The number of nitrogen functional groups attached to an aromatic ring is 1. The lowest BCUT2D eigenvalue weighted by Gasteiger charge is -2.13. The molecule has 0 aliphatic carbocycles. The Hall–Kier alpha value is -1.81. The lowest BCUT2D eigenvalue weighted by molar-refractivity contribution is 0.316. The van der Waals surface area contributed by atoms with E-state index in [0.29, 0.717) is 0 Å². The van der Waals surface area contributed by atoms with E-state index in [1.165, 1.54) is 25.9 Å². The molecule has 1 aliphatic rings. The zero-order valence-corrected chi connectivity index (χ0v) is 11.1. The smallest absolute Gasteiger partial charge is 0.0568 e. The molecule has 3 rings (SSSR count). The van der Waals surface area contributed by atoms with Crippen LogP contribution in [-0.4, -0.2) is 34.3 Å². The van der Waals surface area contributed by atoms with E-state index in [-0.39, 0.29) is 0 Å². The van der Waals surface area contributed by atoms with Gasteiger partial charge in [0.25, 0.3) is 0 Å². The van der Waals surface area contributed by atoms with Crippen LogP contribution in [0.4, 0.5) is 5.69 Å². The highest BCUT2D eigenvalue weighted by Crippen LogP contribution is 2.20. The molecular formula is C15H20N4. The van der Waals surface area contributed by atoms with Gasteiger partial charge in [-0.25, -0.2) is 0 Å². The van der Waals surface area contributed by atoms with E-state index in [0.717, 1.165) is 29.9 Å². The van der Waals surface area contributed by atoms with Crippen molar-refractivity contribution in [2.24, 2.45) is 0 Å². The predicted molar refractivity (Wildman–Crippen MR) is 77.7 cm³/mol. The first-order valence-corrected chi connectivity index (χ1v) is 6.92. The number of hydrogen-bond acceptors (Lipinski definition) is 3. The number of benzene rings is 1. The van der Waals surface area contributed by atoms with Gasteiger partial charge in [-0.15, -0.1) is 0 Å². The summed E-state index contributed by atoms with van der Waals surface area (Å²) >= 11 is 0. The maximum atomic E-state index is 5.81. The van der Waals surface area contributed by atoms with E-state index in [1.807, 2.05) is 29.1 Å². The summed E-state index contributed by atoms with van der Waals surface area (Å²) in [4.78, 5) is 2.50. The largest absolute Gasteiger partial charge is 0.399 e. The summed E-state index contributed by atoms with van der Waals surface area (Å²) in [6, 6.07) is 7.94. The second kappa shape index (κ2) is 5.45. The van der Waals surface area contributed by atoms with Gasteiger partial charge in [0.05, 0.1) is 12.7 Å². The quantitative estimate of drug-likeness (QED) is 0.853. The van der Waals surface area contributed by atoms with Crippen molar-refractivity contribution in [3.05, 3.63) is 36.7 Å². The summed E-state index contributed by atoms with van der Waals surface area (Å²) in [5.41, 5.74) is 8.87. The van der Waals surface area contributed by atoms with Crippen molar-refractivity contribution >= 4 is 5.69 Å². The van der Waals surface area contributed by atoms with Crippen LogP contribution in [0.15, 0.2) is 36.7 Å². The minimum absolute atomic E-state index is 0.794. The highest BCUT2D eigenvalue weighted by molar-refractivity contribution is 5.65. The molecule has 2 aromatic rings. The zero-order valence-electron chi connectivity index (χ0n) is 11.1. The second-order valence-electron chi connectivity index (χ2n) is 5.17. The number of rotatable bonds is 4. The van der Waals surface area contributed by atoms with Crippen LogP contribution in [0.25, 0.3) is 11.1 Å². The fraction of sp³-hybridized carbons (Fsp3) is 0.400. The first-order chi connectivity index (χ1) is 9.31. The van der Waals surface area contributed by atoms with Gasteiger partial charge in [-0.2, -0.15) is 5.10 Å². The molecule has 0 atom stereocenters. The van der Waals surface area contributed by atoms with E-state index >= 15 is 0 Å². The Balaban J connectivity index is 1.65. The lowest BCUT2D eigenvalue weighted by Crippen LogP contribution is -2.24. The van der Waals surface area contributed by atoms with Crippen LogP contribution in [0.2, 0.25) is 0 Å². The Morgan fingerprint density at radius 3 is 2.74 bits per heavy atom.